The van der Waals surface area contributed by atoms with E-state index in [1.165, 1.54) is 16.0 Å². The highest BCUT2D eigenvalue weighted by molar-refractivity contribution is 7.92. The van der Waals surface area contributed by atoms with Crippen LogP contribution >= 0.6 is 0 Å². The van der Waals surface area contributed by atoms with Gasteiger partial charge in [0.2, 0.25) is 10.0 Å². The van der Waals surface area contributed by atoms with Gasteiger partial charge in [-0.05, 0) is 24.6 Å². The van der Waals surface area contributed by atoms with Gasteiger partial charge in [-0.3, -0.25) is 4.79 Å². The van der Waals surface area contributed by atoms with Gasteiger partial charge in [-0.2, -0.15) is 4.31 Å². The average Bonchev–Trinajstić information content (AvgIpc) is 3.06. The van der Waals surface area contributed by atoms with E-state index in [0.29, 0.717) is 24.4 Å². The summed E-state index contributed by atoms with van der Waals surface area (Å²) in [5.41, 5.74) is 1.36. The van der Waals surface area contributed by atoms with Crippen molar-refractivity contribution in [3.05, 3.63) is 65.0 Å². The second kappa shape index (κ2) is 7.25. The van der Waals surface area contributed by atoms with Crippen LogP contribution in [0.15, 0.2) is 52.5 Å². The Kier molecular flexibility index (Phi) is 5.06. The van der Waals surface area contributed by atoms with Crippen molar-refractivity contribution in [2.24, 2.45) is 0 Å². The zero-order chi connectivity index (χ0) is 17.9. The Morgan fingerprint density at radius 2 is 1.76 bits per heavy atom. The van der Waals surface area contributed by atoms with Crippen molar-refractivity contribution in [3.63, 3.8) is 0 Å². The molecule has 25 heavy (non-hydrogen) atoms. The van der Waals surface area contributed by atoms with Crippen LogP contribution in [0.4, 0.5) is 0 Å². The smallest absolute Gasteiger partial charge is 0.257 e. The summed E-state index contributed by atoms with van der Waals surface area (Å²) in [7, 11) is -3.50. The molecule has 2 aromatic rings. The first-order valence-electron chi connectivity index (χ1n) is 8.04. The molecule has 1 aromatic heterocycles. The zero-order valence-electron chi connectivity index (χ0n) is 14.0. The number of piperazine rings is 1. The summed E-state index contributed by atoms with van der Waals surface area (Å²) in [5.74, 6) is 0.453. The fourth-order valence-electron chi connectivity index (χ4n) is 2.74. The largest absolute Gasteiger partial charge is 0.469 e. The number of aryl methyl sites for hydroxylation is 1. The van der Waals surface area contributed by atoms with E-state index in [2.05, 4.69) is 0 Å². The highest BCUT2D eigenvalue weighted by atomic mass is 32.2. The predicted octanol–water partition coefficient (Wildman–Crippen LogP) is 2.35. The molecule has 1 fully saturated rings. The van der Waals surface area contributed by atoms with Gasteiger partial charge in [0.15, 0.2) is 0 Å². The van der Waals surface area contributed by atoms with E-state index in [-0.39, 0.29) is 19.0 Å². The van der Waals surface area contributed by atoms with Gasteiger partial charge in [0.05, 0.1) is 11.8 Å². The number of sulfonamides is 1. The van der Waals surface area contributed by atoms with Gasteiger partial charge in [0.25, 0.3) is 5.91 Å². The van der Waals surface area contributed by atoms with Crippen LogP contribution in [-0.2, 0) is 10.0 Å². The number of benzene rings is 1. The van der Waals surface area contributed by atoms with Gasteiger partial charge in [-0.1, -0.05) is 30.3 Å². The molecule has 0 N–H and O–H groups in total. The molecule has 0 aliphatic carbocycles. The standard InChI is InChI=1S/C18H20N2O4S/c1-15-17(7-13-24-15)18(21)19-9-11-20(12-10-19)25(22,23)14-8-16-5-3-2-4-6-16/h2-8,13-14H,9-12H2,1H3. The van der Waals surface area contributed by atoms with Crippen molar-refractivity contribution in [2.45, 2.75) is 6.92 Å². The van der Waals surface area contributed by atoms with E-state index < -0.39 is 10.0 Å². The molecular weight excluding hydrogens is 340 g/mol. The molecule has 3 rings (SSSR count). The van der Waals surface area contributed by atoms with Crippen LogP contribution in [0.2, 0.25) is 0 Å². The summed E-state index contributed by atoms with van der Waals surface area (Å²) >= 11 is 0. The fourth-order valence-corrected chi connectivity index (χ4v) is 3.91. The van der Waals surface area contributed by atoms with E-state index in [1.54, 1.807) is 24.0 Å². The zero-order valence-corrected chi connectivity index (χ0v) is 14.8. The van der Waals surface area contributed by atoms with E-state index in [4.69, 9.17) is 4.42 Å². The minimum atomic E-state index is -3.50. The van der Waals surface area contributed by atoms with Gasteiger partial charge >= 0.3 is 0 Å². The lowest BCUT2D eigenvalue weighted by atomic mass is 10.2. The number of nitrogens with zero attached hydrogens (tertiary/aromatic N) is 2. The molecular formula is C18H20N2O4S. The lowest BCUT2D eigenvalue weighted by Gasteiger charge is -2.33. The second-order valence-electron chi connectivity index (χ2n) is 5.84. The Bertz CT molecular complexity index is 863. The van der Waals surface area contributed by atoms with Gasteiger partial charge in [-0.25, -0.2) is 8.42 Å². The number of amides is 1. The summed E-state index contributed by atoms with van der Waals surface area (Å²) < 4.78 is 31.4. The van der Waals surface area contributed by atoms with E-state index >= 15 is 0 Å². The Morgan fingerprint density at radius 3 is 2.36 bits per heavy atom. The normalized spacial score (nSPS) is 16.4. The van der Waals surface area contributed by atoms with Crippen LogP contribution in [0.5, 0.6) is 0 Å². The first-order chi connectivity index (χ1) is 12.0. The molecule has 1 amide bonds. The van der Waals surface area contributed by atoms with Gasteiger partial charge in [0.1, 0.15) is 5.76 Å². The summed E-state index contributed by atoms with van der Waals surface area (Å²) in [4.78, 5) is 14.1. The molecule has 6 nitrogen and oxygen atoms in total. The molecule has 132 valence electrons. The Hall–Kier alpha value is -2.38. The van der Waals surface area contributed by atoms with E-state index in [1.807, 2.05) is 30.3 Å². The van der Waals surface area contributed by atoms with Crippen molar-refractivity contribution in [3.8, 4) is 0 Å². The third-order valence-corrected chi connectivity index (χ3v) is 5.77. The minimum Gasteiger partial charge on any atom is -0.469 e. The molecule has 1 saturated heterocycles. The number of carbonyl (C=O) groups excluding carboxylic acids is 1. The number of carbonyl (C=O) groups is 1. The molecule has 0 radical (unpaired) electrons. The SMILES string of the molecule is Cc1occc1C(=O)N1CCN(S(=O)(=O)C=Cc2ccccc2)CC1. The van der Waals surface area contributed by atoms with Crippen LogP contribution in [-0.4, -0.2) is 49.7 Å². The minimum absolute atomic E-state index is 0.122. The quantitative estimate of drug-likeness (QED) is 0.839. The number of rotatable bonds is 4. The number of furan rings is 1. The molecule has 0 unspecified atom stereocenters. The maximum atomic E-state index is 12.4. The third kappa shape index (κ3) is 4.00. The fraction of sp³-hybridized carbons (Fsp3) is 0.278. The van der Waals surface area contributed by atoms with Crippen LogP contribution in [0.25, 0.3) is 6.08 Å². The molecule has 0 atom stereocenters. The molecule has 2 heterocycles. The molecule has 0 saturated carbocycles. The highest BCUT2D eigenvalue weighted by Crippen LogP contribution is 2.16. The van der Waals surface area contributed by atoms with E-state index in [0.717, 1.165) is 5.56 Å². The van der Waals surface area contributed by atoms with Crippen LogP contribution < -0.4 is 0 Å². The lowest BCUT2D eigenvalue weighted by Crippen LogP contribution is -2.50. The lowest BCUT2D eigenvalue weighted by molar-refractivity contribution is 0.0697. The second-order valence-corrected chi connectivity index (χ2v) is 7.66. The summed E-state index contributed by atoms with van der Waals surface area (Å²) in [6.45, 7) is 3.03. The maximum absolute atomic E-state index is 12.4. The van der Waals surface area contributed by atoms with Gasteiger partial charge < -0.3 is 9.32 Å². The molecule has 0 spiro atoms. The van der Waals surface area contributed by atoms with Crippen molar-refractivity contribution >= 4 is 22.0 Å². The van der Waals surface area contributed by atoms with Crippen LogP contribution in [0.3, 0.4) is 0 Å². The van der Waals surface area contributed by atoms with Crippen molar-refractivity contribution in [2.75, 3.05) is 26.2 Å². The maximum Gasteiger partial charge on any atom is 0.257 e. The van der Waals surface area contributed by atoms with Crippen LogP contribution in [0.1, 0.15) is 21.7 Å². The Balaban J connectivity index is 1.62. The third-order valence-electron chi connectivity index (χ3n) is 4.21. The molecule has 1 aliphatic rings. The average molecular weight is 360 g/mol. The van der Waals surface area contributed by atoms with Crippen molar-refractivity contribution < 1.29 is 17.6 Å². The first-order valence-corrected chi connectivity index (χ1v) is 9.54. The Morgan fingerprint density at radius 1 is 1.08 bits per heavy atom. The number of hydrogen-bond acceptors (Lipinski definition) is 4. The number of hydrogen-bond donors (Lipinski definition) is 0. The molecule has 7 heteroatoms. The van der Waals surface area contributed by atoms with Gasteiger partial charge in [0, 0.05) is 31.6 Å². The summed E-state index contributed by atoms with van der Waals surface area (Å²) in [5, 5.41) is 1.22. The van der Waals surface area contributed by atoms with Crippen LogP contribution in [0, 0.1) is 6.92 Å². The van der Waals surface area contributed by atoms with Gasteiger partial charge in [-0.15, -0.1) is 0 Å². The molecule has 0 bridgehead atoms. The van der Waals surface area contributed by atoms with Crippen molar-refractivity contribution in [1.29, 1.82) is 0 Å². The first kappa shape index (κ1) is 17.4. The Labute approximate surface area is 147 Å². The summed E-state index contributed by atoms with van der Waals surface area (Å²) in [6.07, 6.45) is 3.07. The van der Waals surface area contributed by atoms with E-state index in [9.17, 15) is 13.2 Å². The predicted molar refractivity (Wildman–Crippen MR) is 95.3 cm³/mol. The monoisotopic (exact) mass is 360 g/mol. The summed E-state index contributed by atoms with van der Waals surface area (Å²) in [6, 6.07) is 10.9. The highest BCUT2D eigenvalue weighted by Gasteiger charge is 2.28. The topological polar surface area (TPSA) is 70.8 Å². The molecule has 1 aliphatic heterocycles. The molecule has 1 aromatic carbocycles. The van der Waals surface area contributed by atoms with Crippen molar-refractivity contribution in [1.82, 2.24) is 9.21 Å².